The predicted molar refractivity (Wildman–Crippen MR) is 114 cm³/mol. The van der Waals surface area contributed by atoms with Gasteiger partial charge in [-0.15, -0.1) is 10.2 Å². The lowest BCUT2D eigenvalue weighted by molar-refractivity contribution is -0.132. The van der Waals surface area contributed by atoms with Crippen molar-refractivity contribution in [2.24, 2.45) is 0 Å². The smallest absolute Gasteiger partial charge is 0.233 e. The molecular weight excluding hydrogens is 402 g/mol. The number of thioether (sulfide) groups is 1. The molecule has 0 atom stereocenters. The van der Waals surface area contributed by atoms with Gasteiger partial charge in [0.2, 0.25) is 5.91 Å². The number of ether oxygens (including phenoxy) is 2. The monoisotopic (exact) mass is 425 g/mol. The number of rotatable bonds is 7. The largest absolute Gasteiger partial charge is 0.492 e. The van der Waals surface area contributed by atoms with Gasteiger partial charge in [0, 0.05) is 31.0 Å². The van der Waals surface area contributed by atoms with Crippen molar-refractivity contribution in [1.29, 1.82) is 0 Å². The third-order valence-corrected chi connectivity index (χ3v) is 5.56. The number of hydrogen-bond donors (Lipinski definition) is 0. The molecule has 0 saturated carbocycles. The molecule has 1 aliphatic heterocycles. The first kappa shape index (κ1) is 20.4. The van der Waals surface area contributed by atoms with Gasteiger partial charge >= 0.3 is 0 Å². The van der Waals surface area contributed by atoms with Crippen molar-refractivity contribution in [3.8, 4) is 22.8 Å². The molecule has 4 rings (SSSR count). The standard InChI is InChI=1S/C21H23N5O3S/c1-2-29-18-8-4-3-7-17(18)26-20(16-6-5-9-22-14-16)23-24-21(26)30-15-19(27)25-10-12-28-13-11-25/h3-9,14H,2,10-13,15H2,1H3. The molecule has 1 aromatic carbocycles. The molecule has 0 N–H and O–H groups in total. The number of pyridine rings is 1. The number of hydrogen-bond acceptors (Lipinski definition) is 7. The summed E-state index contributed by atoms with van der Waals surface area (Å²) < 4.78 is 13.1. The minimum Gasteiger partial charge on any atom is -0.492 e. The highest BCUT2D eigenvalue weighted by Gasteiger charge is 2.22. The van der Waals surface area contributed by atoms with Crippen LogP contribution in [0.5, 0.6) is 5.75 Å². The van der Waals surface area contributed by atoms with Crippen LogP contribution in [0, 0.1) is 0 Å². The lowest BCUT2D eigenvalue weighted by Gasteiger charge is -2.26. The maximum absolute atomic E-state index is 12.6. The second-order valence-corrected chi connectivity index (χ2v) is 7.51. The molecule has 0 radical (unpaired) electrons. The first-order valence-electron chi connectivity index (χ1n) is 9.84. The summed E-state index contributed by atoms with van der Waals surface area (Å²) in [6, 6.07) is 11.5. The zero-order chi connectivity index (χ0) is 20.8. The Morgan fingerprint density at radius 1 is 1.17 bits per heavy atom. The van der Waals surface area contributed by atoms with E-state index in [0.29, 0.717) is 43.9 Å². The van der Waals surface area contributed by atoms with Crippen LogP contribution in [0.4, 0.5) is 0 Å². The molecule has 1 saturated heterocycles. The zero-order valence-corrected chi connectivity index (χ0v) is 17.5. The van der Waals surface area contributed by atoms with E-state index in [-0.39, 0.29) is 11.7 Å². The van der Waals surface area contributed by atoms with Gasteiger partial charge in [-0.3, -0.25) is 14.3 Å². The molecule has 0 aliphatic carbocycles. The second-order valence-electron chi connectivity index (χ2n) is 6.57. The number of carbonyl (C=O) groups is 1. The van der Waals surface area contributed by atoms with E-state index in [1.807, 2.05) is 52.8 Å². The maximum Gasteiger partial charge on any atom is 0.233 e. The van der Waals surface area contributed by atoms with Crippen LogP contribution < -0.4 is 4.74 Å². The Morgan fingerprint density at radius 3 is 2.77 bits per heavy atom. The topological polar surface area (TPSA) is 82.4 Å². The molecule has 0 bridgehead atoms. The normalized spacial score (nSPS) is 14.0. The van der Waals surface area contributed by atoms with Crippen LogP contribution in [0.1, 0.15) is 6.92 Å². The maximum atomic E-state index is 12.6. The van der Waals surface area contributed by atoms with Crippen molar-refractivity contribution in [2.45, 2.75) is 12.1 Å². The van der Waals surface area contributed by atoms with Crippen molar-refractivity contribution in [1.82, 2.24) is 24.6 Å². The summed E-state index contributed by atoms with van der Waals surface area (Å²) in [7, 11) is 0. The fourth-order valence-electron chi connectivity index (χ4n) is 3.21. The average molecular weight is 426 g/mol. The Kier molecular flexibility index (Phi) is 6.60. The molecule has 1 aliphatic rings. The number of para-hydroxylation sites is 2. The quantitative estimate of drug-likeness (QED) is 0.538. The van der Waals surface area contributed by atoms with E-state index in [9.17, 15) is 4.79 Å². The number of morpholine rings is 1. The van der Waals surface area contributed by atoms with E-state index in [1.54, 1.807) is 12.4 Å². The summed E-state index contributed by atoms with van der Waals surface area (Å²) in [6.07, 6.45) is 3.46. The Morgan fingerprint density at radius 2 is 2.00 bits per heavy atom. The molecule has 3 heterocycles. The van der Waals surface area contributed by atoms with Gasteiger partial charge in [0.05, 0.1) is 31.3 Å². The van der Waals surface area contributed by atoms with Gasteiger partial charge in [-0.25, -0.2) is 0 Å². The lowest BCUT2D eigenvalue weighted by atomic mass is 10.2. The molecule has 9 heteroatoms. The second kappa shape index (κ2) is 9.73. The minimum absolute atomic E-state index is 0.0684. The first-order chi connectivity index (χ1) is 14.8. The Labute approximate surface area is 179 Å². The number of aromatic nitrogens is 4. The van der Waals surface area contributed by atoms with E-state index >= 15 is 0 Å². The third-order valence-electron chi connectivity index (χ3n) is 4.65. The number of amides is 1. The Hall–Kier alpha value is -2.91. The molecule has 3 aromatic rings. The molecule has 0 spiro atoms. The van der Waals surface area contributed by atoms with Crippen LogP contribution in [-0.2, 0) is 9.53 Å². The van der Waals surface area contributed by atoms with Gasteiger partial charge in [-0.1, -0.05) is 23.9 Å². The molecule has 1 amide bonds. The van der Waals surface area contributed by atoms with Gasteiger partial charge in [-0.2, -0.15) is 0 Å². The molecule has 0 unspecified atom stereocenters. The van der Waals surface area contributed by atoms with Gasteiger partial charge in [-0.05, 0) is 31.2 Å². The summed E-state index contributed by atoms with van der Waals surface area (Å²) in [6.45, 7) is 4.90. The van der Waals surface area contributed by atoms with Crippen LogP contribution >= 0.6 is 11.8 Å². The molecule has 156 valence electrons. The molecule has 8 nitrogen and oxygen atoms in total. The third kappa shape index (κ3) is 4.47. The van der Waals surface area contributed by atoms with E-state index in [4.69, 9.17) is 9.47 Å². The highest BCUT2D eigenvalue weighted by atomic mass is 32.2. The Bertz CT molecular complexity index is 989. The molecule has 30 heavy (non-hydrogen) atoms. The van der Waals surface area contributed by atoms with Crippen LogP contribution in [0.2, 0.25) is 0 Å². The molecule has 1 fully saturated rings. The van der Waals surface area contributed by atoms with E-state index in [0.717, 1.165) is 17.0 Å². The highest BCUT2D eigenvalue weighted by Crippen LogP contribution is 2.32. The number of benzene rings is 1. The summed E-state index contributed by atoms with van der Waals surface area (Å²) in [5.74, 6) is 1.73. The molecular formula is C21H23N5O3S. The lowest BCUT2D eigenvalue weighted by Crippen LogP contribution is -2.41. The van der Waals surface area contributed by atoms with E-state index in [2.05, 4.69) is 15.2 Å². The van der Waals surface area contributed by atoms with Crippen LogP contribution in [0.25, 0.3) is 17.1 Å². The summed E-state index contributed by atoms with van der Waals surface area (Å²) in [5, 5.41) is 9.42. The van der Waals surface area contributed by atoms with Gasteiger partial charge in [0.15, 0.2) is 11.0 Å². The summed E-state index contributed by atoms with van der Waals surface area (Å²) >= 11 is 1.37. The Balaban J connectivity index is 1.67. The minimum atomic E-state index is 0.0684. The number of carbonyl (C=O) groups excluding carboxylic acids is 1. The van der Waals surface area contributed by atoms with Crippen molar-refractivity contribution in [3.63, 3.8) is 0 Å². The SMILES string of the molecule is CCOc1ccccc1-n1c(SCC(=O)N2CCOCC2)nnc1-c1cccnc1. The number of nitrogens with zero attached hydrogens (tertiary/aromatic N) is 5. The zero-order valence-electron chi connectivity index (χ0n) is 16.7. The highest BCUT2D eigenvalue weighted by molar-refractivity contribution is 7.99. The predicted octanol–water partition coefficient (Wildman–Crippen LogP) is 2.68. The fraction of sp³-hybridized carbons (Fsp3) is 0.333. The van der Waals surface area contributed by atoms with Gasteiger partial charge < -0.3 is 14.4 Å². The summed E-state index contributed by atoms with van der Waals surface area (Å²) in [4.78, 5) is 18.7. The fourth-order valence-corrected chi connectivity index (χ4v) is 4.06. The van der Waals surface area contributed by atoms with Crippen LogP contribution in [0.3, 0.4) is 0 Å². The average Bonchev–Trinajstić information content (AvgIpc) is 3.23. The van der Waals surface area contributed by atoms with Crippen molar-refractivity contribution in [2.75, 3.05) is 38.7 Å². The van der Waals surface area contributed by atoms with Crippen molar-refractivity contribution >= 4 is 17.7 Å². The van der Waals surface area contributed by atoms with E-state index < -0.39 is 0 Å². The van der Waals surface area contributed by atoms with E-state index in [1.165, 1.54) is 11.8 Å². The van der Waals surface area contributed by atoms with Crippen molar-refractivity contribution in [3.05, 3.63) is 48.8 Å². The van der Waals surface area contributed by atoms with Crippen molar-refractivity contribution < 1.29 is 14.3 Å². The first-order valence-corrected chi connectivity index (χ1v) is 10.8. The molecule has 2 aromatic heterocycles. The van der Waals surface area contributed by atoms with Gasteiger partial charge in [0.1, 0.15) is 5.75 Å². The van der Waals surface area contributed by atoms with Crippen LogP contribution in [-0.4, -0.2) is 69.2 Å². The van der Waals surface area contributed by atoms with Gasteiger partial charge in [0.25, 0.3) is 0 Å². The van der Waals surface area contributed by atoms with Crippen LogP contribution in [0.15, 0.2) is 53.9 Å². The summed E-state index contributed by atoms with van der Waals surface area (Å²) in [5.41, 5.74) is 1.66.